The SMILES string of the molecule is CC(=O)OC[C@H]1O[C@@H](OC(C)=O)[C@H](NCc2ccc(-n3cccc3)cc2)[C@@H](OC(C)=O)[C@@H]1OC(C)=O. The zero-order valence-corrected chi connectivity index (χ0v) is 20.5. The molecule has 2 heterocycles. The number of hydrogen-bond donors (Lipinski definition) is 1. The van der Waals surface area contributed by atoms with Crippen molar-refractivity contribution in [3.05, 3.63) is 54.4 Å². The number of ether oxygens (including phenoxy) is 5. The molecule has 0 aliphatic carbocycles. The highest BCUT2D eigenvalue weighted by Gasteiger charge is 2.51. The van der Waals surface area contributed by atoms with E-state index in [1.54, 1.807) is 0 Å². The van der Waals surface area contributed by atoms with Crippen LogP contribution in [0.15, 0.2) is 48.8 Å². The largest absolute Gasteiger partial charge is 0.463 e. The van der Waals surface area contributed by atoms with Crippen LogP contribution in [0.25, 0.3) is 5.69 Å². The molecule has 0 amide bonds. The second-order valence-corrected chi connectivity index (χ2v) is 8.27. The van der Waals surface area contributed by atoms with Gasteiger partial charge in [0.2, 0.25) is 6.29 Å². The average Bonchev–Trinajstić information content (AvgIpc) is 3.33. The summed E-state index contributed by atoms with van der Waals surface area (Å²) < 4.78 is 29.2. The smallest absolute Gasteiger partial charge is 0.304 e. The van der Waals surface area contributed by atoms with Gasteiger partial charge in [0, 0.05) is 52.3 Å². The number of hydrogen-bond acceptors (Lipinski definition) is 10. The number of carbonyl (C=O) groups excluding carboxylic acids is 4. The maximum atomic E-state index is 12.0. The van der Waals surface area contributed by atoms with E-state index in [4.69, 9.17) is 23.7 Å². The summed E-state index contributed by atoms with van der Waals surface area (Å²) in [5.74, 6) is -2.52. The van der Waals surface area contributed by atoms with Crippen molar-refractivity contribution in [3.8, 4) is 5.69 Å². The molecular formula is C25H30N2O9. The fourth-order valence-electron chi connectivity index (χ4n) is 3.91. The third-order valence-corrected chi connectivity index (χ3v) is 5.36. The molecule has 2 aromatic rings. The summed E-state index contributed by atoms with van der Waals surface area (Å²) >= 11 is 0. The summed E-state index contributed by atoms with van der Waals surface area (Å²) in [5, 5.41) is 3.21. The van der Waals surface area contributed by atoms with Crippen molar-refractivity contribution in [3.63, 3.8) is 0 Å². The third-order valence-electron chi connectivity index (χ3n) is 5.36. The van der Waals surface area contributed by atoms with Gasteiger partial charge in [0.25, 0.3) is 0 Å². The summed E-state index contributed by atoms with van der Waals surface area (Å²) in [6.45, 7) is 4.80. The average molecular weight is 503 g/mol. The summed E-state index contributed by atoms with van der Waals surface area (Å²) in [7, 11) is 0. The summed E-state index contributed by atoms with van der Waals surface area (Å²) in [6.07, 6.45) is -0.651. The minimum Gasteiger partial charge on any atom is -0.463 e. The lowest BCUT2D eigenvalue weighted by Crippen LogP contribution is -2.66. The van der Waals surface area contributed by atoms with E-state index in [-0.39, 0.29) is 13.2 Å². The molecule has 36 heavy (non-hydrogen) atoms. The van der Waals surface area contributed by atoms with Crippen LogP contribution in [0.1, 0.15) is 33.3 Å². The number of nitrogens with one attached hydrogen (secondary N) is 1. The maximum absolute atomic E-state index is 12.0. The van der Waals surface area contributed by atoms with Gasteiger partial charge >= 0.3 is 23.9 Å². The van der Waals surface area contributed by atoms with E-state index in [1.807, 2.05) is 53.4 Å². The molecule has 0 unspecified atom stereocenters. The highest BCUT2D eigenvalue weighted by molar-refractivity contribution is 5.68. The zero-order chi connectivity index (χ0) is 26.2. The van der Waals surface area contributed by atoms with Crippen molar-refractivity contribution in [1.29, 1.82) is 0 Å². The number of rotatable bonds is 9. The van der Waals surface area contributed by atoms with E-state index in [0.717, 1.165) is 11.3 Å². The van der Waals surface area contributed by atoms with Gasteiger partial charge < -0.3 is 33.6 Å². The molecule has 0 radical (unpaired) electrons. The molecule has 1 saturated heterocycles. The first-order valence-electron chi connectivity index (χ1n) is 11.4. The molecule has 1 aliphatic rings. The van der Waals surface area contributed by atoms with E-state index >= 15 is 0 Å². The number of carbonyl (C=O) groups is 4. The molecule has 194 valence electrons. The van der Waals surface area contributed by atoms with Gasteiger partial charge in [0.05, 0.1) is 0 Å². The molecule has 11 heteroatoms. The van der Waals surface area contributed by atoms with Crippen LogP contribution in [0.2, 0.25) is 0 Å². The van der Waals surface area contributed by atoms with Crippen molar-refractivity contribution >= 4 is 23.9 Å². The Morgan fingerprint density at radius 3 is 1.97 bits per heavy atom. The Labute approximate surface area is 208 Å². The zero-order valence-electron chi connectivity index (χ0n) is 20.5. The van der Waals surface area contributed by atoms with E-state index in [2.05, 4.69) is 5.32 Å². The lowest BCUT2D eigenvalue weighted by atomic mass is 9.95. The van der Waals surface area contributed by atoms with Crippen molar-refractivity contribution in [2.45, 2.75) is 64.9 Å². The number of aromatic nitrogens is 1. The van der Waals surface area contributed by atoms with Crippen LogP contribution in [0.3, 0.4) is 0 Å². The Morgan fingerprint density at radius 1 is 0.833 bits per heavy atom. The second-order valence-electron chi connectivity index (χ2n) is 8.27. The van der Waals surface area contributed by atoms with Crippen molar-refractivity contribution < 1.29 is 42.9 Å². The lowest BCUT2D eigenvalue weighted by molar-refractivity contribution is -0.271. The number of nitrogens with zero attached hydrogens (tertiary/aromatic N) is 1. The molecule has 1 aromatic heterocycles. The van der Waals surface area contributed by atoms with E-state index < -0.39 is 54.5 Å². The molecule has 11 nitrogen and oxygen atoms in total. The Morgan fingerprint density at radius 2 is 1.42 bits per heavy atom. The molecule has 3 rings (SSSR count). The van der Waals surface area contributed by atoms with E-state index in [1.165, 1.54) is 27.7 Å². The first-order chi connectivity index (χ1) is 17.1. The third kappa shape index (κ3) is 7.40. The van der Waals surface area contributed by atoms with Gasteiger partial charge in [-0.05, 0) is 29.8 Å². The van der Waals surface area contributed by atoms with Gasteiger partial charge in [0.15, 0.2) is 12.2 Å². The Bertz CT molecular complexity index is 1050. The highest BCUT2D eigenvalue weighted by Crippen LogP contribution is 2.28. The fraction of sp³-hybridized carbons (Fsp3) is 0.440. The normalized spacial score (nSPS) is 23.4. The minimum absolute atomic E-state index is 0.289. The number of benzene rings is 1. The molecule has 0 bridgehead atoms. The summed E-state index contributed by atoms with van der Waals surface area (Å²) in [4.78, 5) is 47.1. The van der Waals surface area contributed by atoms with Gasteiger partial charge in [-0.3, -0.25) is 19.2 Å². The Balaban J connectivity index is 1.86. The molecule has 1 aromatic carbocycles. The van der Waals surface area contributed by atoms with Gasteiger partial charge in [-0.2, -0.15) is 0 Å². The standard InChI is InChI=1S/C25H30N2O9/c1-15(28)32-14-21-23(33-16(2)29)24(34-17(3)30)22(25(36-21)35-18(4)31)26-13-19-7-9-20(10-8-19)27-11-5-6-12-27/h5-12,21-26H,13-14H2,1-4H3/t21-,22-,23-,24-,25-/m1/s1. The van der Waals surface area contributed by atoms with Gasteiger partial charge in [0.1, 0.15) is 18.8 Å². The topological polar surface area (TPSA) is 131 Å². The predicted octanol–water partition coefficient (Wildman–Crippen LogP) is 1.65. The van der Waals surface area contributed by atoms with Gasteiger partial charge in [-0.15, -0.1) is 0 Å². The van der Waals surface area contributed by atoms with Crippen LogP contribution >= 0.6 is 0 Å². The van der Waals surface area contributed by atoms with E-state index in [0.29, 0.717) is 0 Å². The fourth-order valence-corrected chi connectivity index (χ4v) is 3.91. The lowest BCUT2D eigenvalue weighted by Gasteiger charge is -2.44. The molecule has 1 aliphatic heterocycles. The van der Waals surface area contributed by atoms with Crippen LogP contribution in [-0.4, -0.2) is 65.7 Å². The summed E-state index contributed by atoms with van der Waals surface area (Å²) in [5.41, 5.74) is 1.86. The monoisotopic (exact) mass is 502 g/mol. The maximum Gasteiger partial charge on any atom is 0.304 e. The highest BCUT2D eigenvalue weighted by atomic mass is 16.7. The summed E-state index contributed by atoms with van der Waals surface area (Å²) in [6, 6.07) is 10.7. The molecular weight excluding hydrogens is 472 g/mol. The van der Waals surface area contributed by atoms with Crippen LogP contribution in [0.4, 0.5) is 0 Å². The number of esters is 4. The van der Waals surface area contributed by atoms with Crippen molar-refractivity contribution in [1.82, 2.24) is 9.88 Å². The quantitative estimate of drug-likeness (QED) is 0.399. The molecule has 0 spiro atoms. The van der Waals surface area contributed by atoms with Crippen LogP contribution < -0.4 is 5.32 Å². The molecule has 1 N–H and O–H groups in total. The Hall–Kier alpha value is -3.70. The minimum atomic E-state index is -1.22. The van der Waals surface area contributed by atoms with Crippen molar-refractivity contribution in [2.75, 3.05) is 6.61 Å². The first kappa shape index (κ1) is 26.9. The van der Waals surface area contributed by atoms with Crippen LogP contribution in [0, 0.1) is 0 Å². The van der Waals surface area contributed by atoms with Gasteiger partial charge in [-0.25, -0.2) is 0 Å². The second kappa shape index (κ2) is 12.3. The predicted molar refractivity (Wildman–Crippen MR) is 125 cm³/mol. The Kier molecular flexibility index (Phi) is 9.20. The first-order valence-corrected chi connectivity index (χ1v) is 11.4. The molecule has 0 saturated carbocycles. The molecule has 1 fully saturated rings. The van der Waals surface area contributed by atoms with Crippen LogP contribution in [-0.2, 0) is 49.4 Å². The van der Waals surface area contributed by atoms with Crippen molar-refractivity contribution in [2.24, 2.45) is 0 Å². The van der Waals surface area contributed by atoms with Crippen LogP contribution in [0.5, 0.6) is 0 Å². The van der Waals surface area contributed by atoms with E-state index in [9.17, 15) is 19.2 Å². The van der Waals surface area contributed by atoms with Gasteiger partial charge in [-0.1, -0.05) is 12.1 Å². The molecule has 5 atom stereocenters.